The number of nitrogens with zero attached hydrogens (tertiary/aromatic N) is 1. The largest absolute Gasteiger partial charge is 0.390 e. The SMILES string of the molecule is Cc1cc2c(cc1C)C1CN(Cc3ccccc3)Cc3sc(N)c(c31)C2=O. The highest BCUT2D eigenvalue weighted by Gasteiger charge is 2.40. The number of rotatable bonds is 2. The Kier molecular flexibility index (Phi) is 3.74. The fourth-order valence-electron chi connectivity index (χ4n) is 4.52. The number of nitrogen functional groups attached to an aromatic ring is 1. The maximum atomic E-state index is 13.2. The van der Waals surface area contributed by atoms with Crippen molar-refractivity contribution in [2.24, 2.45) is 0 Å². The quantitative estimate of drug-likeness (QED) is 0.711. The van der Waals surface area contributed by atoms with E-state index in [2.05, 4.69) is 61.2 Å². The molecule has 136 valence electrons. The van der Waals surface area contributed by atoms with E-state index in [1.807, 2.05) is 0 Å². The van der Waals surface area contributed by atoms with Crippen LogP contribution in [0, 0.1) is 13.8 Å². The summed E-state index contributed by atoms with van der Waals surface area (Å²) in [5, 5.41) is 0.681. The molecule has 3 nitrogen and oxygen atoms in total. The van der Waals surface area contributed by atoms with Crippen molar-refractivity contribution in [3.8, 4) is 0 Å². The molecule has 1 atom stereocenters. The molecule has 0 fully saturated rings. The van der Waals surface area contributed by atoms with Crippen LogP contribution in [0.3, 0.4) is 0 Å². The van der Waals surface area contributed by atoms with Crippen molar-refractivity contribution in [1.29, 1.82) is 0 Å². The Balaban J connectivity index is 1.62. The van der Waals surface area contributed by atoms with E-state index < -0.39 is 0 Å². The molecule has 0 amide bonds. The molecule has 4 heteroatoms. The van der Waals surface area contributed by atoms with Crippen molar-refractivity contribution >= 4 is 22.1 Å². The van der Waals surface area contributed by atoms with E-state index in [-0.39, 0.29) is 11.7 Å². The third kappa shape index (κ3) is 2.55. The van der Waals surface area contributed by atoms with Crippen LogP contribution >= 0.6 is 11.3 Å². The molecule has 5 rings (SSSR count). The van der Waals surface area contributed by atoms with Gasteiger partial charge in [0.2, 0.25) is 0 Å². The highest BCUT2D eigenvalue weighted by Crippen LogP contribution is 2.48. The molecule has 27 heavy (non-hydrogen) atoms. The van der Waals surface area contributed by atoms with Gasteiger partial charge in [0.15, 0.2) is 5.78 Å². The Morgan fingerprint density at radius 2 is 1.89 bits per heavy atom. The summed E-state index contributed by atoms with van der Waals surface area (Å²) in [6.07, 6.45) is 0. The molecule has 0 saturated carbocycles. The zero-order chi connectivity index (χ0) is 18.7. The number of fused-ring (bicyclic) bond motifs is 2. The number of nitrogens with two attached hydrogens (primary N) is 1. The first-order valence-electron chi connectivity index (χ1n) is 9.36. The Morgan fingerprint density at radius 3 is 2.67 bits per heavy atom. The molecule has 0 saturated heterocycles. The first-order valence-corrected chi connectivity index (χ1v) is 10.2. The lowest BCUT2D eigenvalue weighted by atomic mass is 9.75. The molecule has 3 aromatic rings. The average Bonchev–Trinajstić information content (AvgIpc) is 2.98. The zero-order valence-corrected chi connectivity index (χ0v) is 16.4. The van der Waals surface area contributed by atoms with E-state index >= 15 is 0 Å². The lowest BCUT2D eigenvalue weighted by Gasteiger charge is -2.36. The summed E-state index contributed by atoms with van der Waals surface area (Å²) in [6.45, 7) is 6.90. The second kappa shape index (κ2) is 6.04. The van der Waals surface area contributed by atoms with Crippen LogP contribution in [-0.2, 0) is 13.1 Å². The van der Waals surface area contributed by atoms with Crippen LogP contribution in [0.1, 0.15) is 54.5 Å². The van der Waals surface area contributed by atoms with Gasteiger partial charge >= 0.3 is 0 Å². The maximum Gasteiger partial charge on any atom is 0.196 e. The third-order valence-corrected chi connectivity index (χ3v) is 6.99. The highest BCUT2D eigenvalue weighted by atomic mass is 32.1. The molecule has 1 unspecified atom stereocenters. The van der Waals surface area contributed by atoms with Crippen LogP contribution in [0.2, 0.25) is 0 Å². The number of carbonyl (C=O) groups is 1. The fraction of sp³-hybridized carbons (Fsp3) is 0.261. The van der Waals surface area contributed by atoms with Gasteiger partial charge < -0.3 is 5.73 Å². The van der Waals surface area contributed by atoms with Crippen molar-refractivity contribution in [2.75, 3.05) is 12.3 Å². The van der Waals surface area contributed by atoms with Crippen LogP contribution in [0.15, 0.2) is 42.5 Å². The topological polar surface area (TPSA) is 46.3 Å². The summed E-state index contributed by atoms with van der Waals surface area (Å²) in [5.74, 6) is 0.337. The van der Waals surface area contributed by atoms with Crippen molar-refractivity contribution in [2.45, 2.75) is 32.9 Å². The summed E-state index contributed by atoms with van der Waals surface area (Å²) >= 11 is 1.60. The Labute approximate surface area is 163 Å². The summed E-state index contributed by atoms with van der Waals surface area (Å²) < 4.78 is 0. The van der Waals surface area contributed by atoms with Crippen LogP contribution in [0.5, 0.6) is 0 Å². The van der Waals surface area contributed by atoms with Gasteiger partial charge in [0.25, 0.3) is 0 Å². The van der Waals surface area contributed by atoms with Gasteiger partial charge in [-0.25, -0.2) is 0 Å². The molecular formula is C23H22N2OS. The fourth-order valence-corrected chi connectivity index (χ4v) is 5.69. The Hall–Kier alpha value is -2.43. The summed E-state index contributed by atoms with van der Waals surface area (Å²) in [7, 11) is 0. The lowest BCUT2D eigenvalue weighted by Crippen LogP contribution is -2.36. The number of hydrogen-bond acceptors (Lipinski definition) is 4. The van der Waals surface area contributed by atoms with E-state index in [0.29, 0.717) is 5.00 Å². The summed E-state index contributed by atoms with van der Waals surface area (Å²) in [4.78, 5) is 16.9. The molecule has 1 aromatic heterocycles. The maximum absolute atomic E-state index is 13.2. The van der Waals surface area contributed by atoms with E-state index in [1.54, 1.807) is 11.3 Å². The van der Waals surface area contributed by atoms with Crippen LogP contribution in [0.25, 0.3) is 0 Å². The number of aryl methyl sites for hydroxylation is 2. The van der Waals surface area contributed by atoms with Crippen LogP contribution < -0.4 is 5.73 Å². The van der Waals surface area contributed by atoms with Crippen molar-refractivity contribution in [3.05, 3.63) is 86.3 Å². The lowest BCUT2D eigenvalue weighted by molar-refractivity contribution is 0.103. The normalized spacial score (nSPS) is 18.3. The molecule has 0 radical (unpaired) electrons. The number of benzene rings is 2. The first-order chi connectivity index (χ1) is 13.0. The second-order valence-electron chi connectivity index (χ2n) is 7.74. The summed E-state index contributed by atoms with van der Waals surface area (Å²) in [5.41, 5.74) is 14.0. The molecule has 0 bridgehead atoms. The minimum atomic E-state index is 0.107. The number of ketones is 1. The number of anilines is 1. The minimum Gasteiger partial charge on any atom is -0.390 e. The standard InChI is InChI=1S/C23H22N2OS/c1-13-8-16-17(9-14(13)2)22(26)21-20-18(16)11-25(12-19(20)27-23(21)24)10-15-6-4-3-5-7-15/h3-9,18H,10-12,24H2,1-2H3. The van der Waals surface area contributed by atoms with Crippen LogP contribution in [0.4, 0.5) is 5.00 Å². The molecule has 2 aliphatic rings. The van der Waals surface area contributed by atoms with Crippen molar-refractivity contribution < 1.29 is 4.79 Å². The highest BCUT2D eigenvalue weighted by molar-refractivity contribution is 7.16. The first kappa shape index (κ1) is 16.7. The Morgan fingerprint density at radius 1 is 1.15 bits per heavy atom. The average molecular weight is 375 g/mol. The van der Waals surface area contributed by atoms with E-state index in [4.69, 9.17) is 5.73 Å². The minimum absolute atomic E-state index is 0.107. The third-order valence-electron chi connectivity index (χ3n) is 5.97. The van der Waals surface area contributed by atoms with Gasteiger partial charge in [-0.15, -0.1) is 11.3 Å². The smallest absolute Gasteiger partial charge is 0.196 e. The predicted molar refractivity (Wildman–Crippen MR) is 110 cm³/mol. The van der Waals surface area contributed by atoms with Gasteiger partial charge in [0, 0.05) is 36.0 Å². The molecule has 1 aliphatic heterocycles. The monoisotopic (exact) mass is 374 g/mol. The Bertz CT molecular complexity index is 1070. The molecular weight excluding hydrogens is 352 g/mol. The van der Waals surface area contributed by atoms with Crippen LogP contribution in [-0.4, -0.2) is 17.2 Å². The van der Waals surface area contributed by atoms with Gasteiger partial charge in [0.1, 0.15) is 0 Å². The summed E-state index contributed by atoms with van der Waals surface area (Å²) in [6, 6.07) is 14.9. The number of carbonyl (C=O) groups excluding carboxylic acids is 1. The predicted octanol–water partition coefficient (Wildman–Crippen LogP) is 4.64. The molecule has 2 aromatic carbocycles. The van der Waals surface area contributed by atoms with Gasteiger partial charge in [-0.05, 0) is 47.7 Å². The van der Waals surface area contributed by atoms with Gasteiger partial charge in [-0.2, -0.15) is 0 Å². The van der Waals surface area contributed by atoms with E-state index in [9.17, 15) is 4.79 Å². The van der Waals surface area contributed by atoms with Gasteiger partial charge in [-0.1, -0.05) is 36.4 Å². The van der Waals surface area contributed by atoms with Crippen molar-refractivity contribution in [1.82, 2.24) is 4.90 Å². The second-order valence-corrected chi connectivity index (χ2v) is 8.88. The number of hydrogen-bond donors (Lipinski definition) is 1. The van der Waals surface area contributed by atoms with Crippen molar-refractivity contribution in [3.63, 3.8) is 0 Å². The molecule has 0 spiro atoms. The zero-order valence-electron chi connectivity index (χ0n) is 15.6. The molecule has 2 heterocycles. The van der Waals surface area contributed by atoms with Gasteiger partial charge in [-0.3, -0.25) is 9.69 Å². The van der Waals surface area contributed by atoms with Gasteiger partial charge in [0.05, 0.1) is 10.6 Å². The molecule has 1 aliphatic carbocycles. The molecule has 2 N–H and O–H groups in total. The number of thiophene rings is 1. The van der Waals surface area contributed by atoms with E-state index in [0.717, 1.165) is 36.3 Å². The van der Waals surface area contributed by atoms with E-state index in [1.165, 1.54) is 27.1 Å².